The number of alkyl halides is 6. The minimum atomic E-state index is -4.60. The molecule has 1 aliphatic heterocycles. The Bertz CT molecular complexity index is 1560. The van der Waals surface area contributed by atoms with Crippen LogP contribution in [0.25, 0.3) is 22.2 Å². The lowest BCUT2D eigenvalue weighted by molar-refractivity contribution is -0.138. The molecular formula is C31H33F6N7. The van der Waals surface area contributed by atoms with Gasteiger partial charge in [-0.25, -0.2) is 9.97 Å². The zero-order chi connectivity index (χ0) is 31.5. The summed E-state index contributed by atoms with van der Waals surface area (Å²) in [6, 6.07) is 11.4. The van der Waals surface area contributed by atoms with Gasteiger partial charge in [0.2, 0.25) is 0 Å². The minimum Gasteiger partial charge on any atom is -0.340 e. The number of nitrogens with zero attached hydrogens (tertiary/aromatic N) is 6. The Morgan fingerprint density at radius 2 is 1.55 bits per heavy atom. The lowest BCUT2D eigenvalue weighted by atomic mass is 10.0. The van der Waals surface area contributed by atoms with Gasteiger partial charge in [-0.15, -0.1) is 0 Å². The van der Waals surface area contributed by atoms with E-state index in [1.807, 2.05) is 0 Å². The van der Waals surface area contributed by atoms with E-state index < -0.39 is 23.5 Å². The average Bonchev–Trinajstić information content (AvgIpc) is 2.97. The second-order valence-electron chi connectivity index (χ2n) is 11.1. The number of nitrogens with one attached hydrogen (secondary N) is 1. The molecule has 4 aromatic rings. The van der Waals surface area contributed by atoms with E-state index in [4.69, 9.17) is 9.97 Å². The molecule has 1 saturated heterocycles. The highest BCUT2D eigenvalue weighted by atomic mass is 19.4. The molecule has 0 saturated carbocycles. The van der Waals surface area contributed by atoms with E-state index >= 15 is 0 Å². The Morgan fingerprint density at radius 3 is 2.20 bits per heavy atom. The van der Waals surface area contributed by atoms with Gasteiger partial charge in [0.15, 0.2) is 0 Å². The van der Waals surface area contributed by atoms with Gasteiger partial charge in [0.1, 0.15) is 11.6 Å². The first-order chi connectivity index (χ1) is 20.9. The molecule has 44 heavy (non-hydrogen) atoms. The Morgan fingerprint density at radius 1 is 0.841 bits per heavy atom. The van der Waals surface area contributed by atoms with Gasteiger partial charge in [0, 0.05) is 49.0 Å². The Kier molecular flexibility index (Phi) is 9.37. The number of hydrogen-bond acceptors (Lipinski definition) is 7. The summed E-state index contributed by atoms with van der Waals surface area (Å²) in [7, 11) is 4.10. The number of rotatable bonds is 9. The molecule has 3 heterocycles. The van der Waals surface area contributed by atoms with Crippen molar-refractivity contribution in [3.05, 3.63) is 77.7 Å². The van der Waals surface area contributed by atoms with Crippen molar-refractivity contribution in [1.82, 2.24) is 29.7 Å². The van der Waals surface area contributed by atoms with Crippen molar-refractivity contribution in [2.45, 2.75) is 25.3 Å². The normalized spacial score (nSPS) is 15.3. The molecule has 1 N–H and O–H groups in total. The van der Waals surface area contributed by atoms with E-state index in [1.54, 1.807) is 12.1 Å². The third kappa shape index (κ3) is 7.82. The van der Waals surface area contributed by atoms with Crippen LogP contribution < -0.4 is 5.32 Å². The predicted octanol–water partition coefficient (Wildman–Crippen LogP) is 6.54. The van der Waals surface area contributed by atoms with E-state index in [-0.39, 0.29) is 11.3 Å². The molecule has 1 fully saturated rings. The summed E-state index contributed by atoms with van der Waals surface area (Å²) < 4.78 is 80.6. The lowest BCUT2D eigenvalue weighted by Gasteiger charge is -2.34. The quantitative estimate of drug-likeness (QED) is 0.214. The Hall–Kier alpha value is -3.81. The molecule has 13 heteroatoms. The standard InChI is InChI=1S/C31H33F6N7/c1-42(2)13-4-14-43-15-17-44(18-16-43)20-27-40-26-19-21(28-25(31(35,36)37)5-3-12-38-28)6-11-24(26)29(41-27)39-23-9-7-22(8-10-23)30(32,33)34/h3,5-12,19H,4,13-18,20H2,1-2H3,(H,39,40,41). The van der Waals surface area contributed by atoms with Crippen LogP contribution in [0.4, 0.5) is 37.8 Å². The Balaban J connectivity index is 1.45. The molecule has 0 radical (unpaired) electrons. The van der Waals surface area contributed by atoms with Crippen molar-refractivity contribution in [3.8, 4) is 11.3 Å². The minimum absolute atomic E-state index is 0.218. The van der Waals surface area contributed by atoms with Crippen LogP contribution in [0.3, 0.4) is 0 Å². The van der Waals surface area contributed by atoms with Crippen LogP contribution in [-0.4, -0.2) is 83.0 Å². The van der Waals surface area contributed by atoms with Gasteiger partial charge in [-0.2, -0.15) is 26.3 Å². The van der Waals surface area contributed by atoms with E-state index in [0.717, 1.165) is 63.9 Å². The van der Waals surface area contributed by atoms with E-state index in [9.17, 15) is 26.3 Å². The molecule has 0 spiro atoms. The summed E-state index contributed by atoms with van der Waals surface area (Å²) in [5, 5.41) is 3.60. The molecule has 234 valence electrons. The maximum absolute atomic E-state index is 13.8. The SMILES string of the molecule is CN(C)CCCN1CCN(Cc2nc(Nc3ccc(C(F)(F)F)cc3)c3ccc(-c4ncccc4C(F)(F)F)cc3n2)CC1. The van der Waals surface area contributed by atoms with Gasteiger partial charge in [0.05, 0.1) is 28.9 Å². The van der Waals surface area contributed by atoms with Crippen LogP contribution in [0.15, 0.2) is 60.8 Å². The number of fused-ring (bicyclic) bond motifs is 1. The monoisotopic (exact) mass is 617 g/mol. The van der Waals surface area contributed by atoms with E-state index in [1.165, 1.54) is 30.5 Å². The van der Waals surface area contributed by atoms with Crippen LogP contribution in [-0.2, 0) is 18.9 Å². The first-order valence-electron chi connectivity index (χ1n) is 14.2. The predicted molar refractivity (Wildman–Crippen MR) is 157 cm³/mol. The van der Waals surface area contributed by atoms with Crippen molar-refractivity contribution >= 4 is 22.4 Å². The molecule has 0 atom stereocenters. The number of halogens is 6. The fourth-order valence-electron chi connectivity index (χ4n) is 5.22. The summed E-state index contributed by atoms with van der Waals surface area (Å²) in [6.45, 7) is 5.82. The lowest BCUT2D eigenvalue weighted by Crippen LogP contribution is -2.46. The second kappa shape index (κ2) is 13.0. The van der Waals surface area contributed by atoms with Gasteiger partial charge in [-0.3, -0.25) is 9.88 Å². The van der Waals surface area contributed by atoms with Gasteiger partial charge < -0.3 is 15.1 Å². The molecular weight excluding hydrogens is 584 g/mol. The molecule has 2 aromatic carbocycles. The molecule has 5 rings (SSSR count). The van der Waals surface area contributed by atoms with E-state index in [0.29, 0.717) is 34.8 Å². The largest absolute Gasteiger partial charge is 0.418 e. The first-order valence-corrected chi connectivity index (χ1v) is 14.2. The third-order valence-corrected chi connectivity index (χ3v) is 7.51. The molecule has 1 aliphatic rings. The van der Waals surface area contributed by atoms with Gasteiger partial charge in [-0.1, -0.05) is 6.07 Å². The van der Waals surface area contributed by atoms with Crippen molar-refractivity contribution < 1.29 is 26.3 Å². The van der Waals surface area contributed by atoms with Crippen molar-refractivity contribution in [2.75, 3.05) is 58.7 Å². The smallest absolute Gasteiger partial charge is 0.340 e. The topological polar surface area (TPSA) is 60.4 Å². The van der Waals surface area contributed by atoms with Crippen LogP contribution >= 0.6 is 0 Å². The first kappa shape index (κ1) is 31.6. The average molecular weight is 618 g/mol. The molecule has 0 bridgehead atoms. The fourth-order valence-corrected chi connectivity index (χ4v) is 5.22. The highest BCUT2D eigenvalue weighted by molar-refractivity contribution is 5.93. The summed E-state index contributed by atoms with van der Waals surface area (Å²) in [4.78, 5) is 20.2. The fraction of sp³-hybridized carbons (Fsp3) is 0.387. The number of benzene rings is 2. The molecule has 2 aromatic heterocycles. The number of piperazine rings is 1. The number of hydrogen-bond donors (Lipinski definition) is 1. The maximum atomic E-state index is 13.8. The van der Waals surface area contributed by atoms with Crippen LogP contribution in [0, 0.1) is 0 Å². The summed E-state index contributed by atoms with van der Waals surface area (Å²) in [6.07, 6.45) is -6.69. The summed E-state index contributed by atoms with van der Waals surface area (Å²) in [5.41, 5.74) is -0.851. The zero-order valence-electron chi connectivity index (χ0n) is 24.4. The van der Waals surface area contributed by atoms with E-state index in [2.05, 4.69) is 39.1 Å². The number of pyridine rings is 1. The van der Waals surface area contributed by atoms with Gasteiger partial charge >= 0.3 is 12.4 Å². The van der Waals surface area contributed by atoms with Gasteiger partial charge in [-0.05, 0) is 82.1 Å². The Labute approximate surface area is 251 Å². The van der Waals surface area contributed by atoms with Crippen molar-refractivity contribution in [1.29, 1.82) is 0 Å². The summed E-state index contributed by atoms with van der Waals surface area (Å²) >= 11 is 0. The van der Waals surface area contributed by atoms with Gasteiger partial charge in [0.25, 0.3) is 0 Å². The molecule has 0 amide bonds. The van der Waals surface area contributed by atoms with Crippen LogP contribution in [0.1, 0.15) is 23.4 Å². The van der Waals surface area contributed by atoms with Crippen molar-refractivity contribution in [2.24, 2.45) is 0 Å². The maximum Gasteiger partial charge on any atom is 0.418 e. The third-order valence-electron chi connectivity index (χ3n) is 7.51. The molecule has 7 nitrogen and oxygen atoms in total. The molecule has 0 aliphatic carbocycles. The number of anilines is 2. The molecule has 0 unspecified atom stereocenters. The highest BCUT2D eigenvalue weighted by Gasteiger charge is 2.34. The van der Waals surface area contributed by atoms with Crippen molar-refractivity contribution in [3.63, 3.8) is 0 Å². The number of aromatic nitrogens is 3. The summed E-state index contributed by atoms with van der Waals surface area (Å²) in [5.74, 6) is 0.790. The van der Waals surface area contributed by atoms with Crippen LogP contribution in [0.2, 0.25) is 0 Å². The zero-order valence-corrected chi connectivity index (χ0v) is 24.4. The second-order valence-corrected chi connectivity index (χ2v) is 11.1. The highest BCUT2D eigenvalue weighted by Crippen LogP contribution is 2.37. The van der Waals surface area contributed by atoms with Crippen LogP contribution in [0.5, 0.6) is 0 Å².